The Bertz CT molecular complexity index is 332. The Labute approximate surface area is 150 Å². The van der Waals surface area contributed by atoms with Crippen molar-refractivity contribution in [2.24, 2.45) is 10.4 Å². The number of nitrogens with one attached hydrogen (secondary N) is 2. The second-order valence-electron chi connectivity index (χ2n) is 6.22. The first-order valence-corrected chi connectivity index (χ1v) is 7.93. The Balaban J connectivity index is 0.00000242. The van der Waals surface area contributed by atoms with Crippen molar-refractivity contribution in [2.45, 2.75) is 32.3 Å². The highest BCUT2D eigenvalue weighted by molar-refractivity contribution is 14.0. The smallest absolute Gasteiger partial charge is 0.191 e. The Hall–Kier alpha value is -0.120. The van der Waals surface area contributed by atoms with Gasteiger partial charge in [-0.15, -0.1) is 24.0 Å². The number of halogens is 1. The molecule has 2 aliphatic rings. The summed E-state index contributed by atoms with van der Waals surface area (Å²) in [6, 6.07) is 0. The molecule has 0 spiro atoms. The molecule has 0 radical (unpaired) electrons. The van der Waals surface area contributed by atoms with Crippen LogP contribution in [0, 0.1) is 5.41 Å². The van der Waals surface area contributed by atoms with Gasteiger partial charge in [-0.1, -0.05) is 6.92 Å². The molecule has 0 bridgehead atoms. The standard InChI is InChI=1S/C15H29N3O3.HI/c1-15(11-20-12-15)10-18-14(16-2)17-6-4-7-19-9-13-5-3-8-21-13;/h13H,3-12H2,1-2H3,(H2,16,17,18);1H. The third-order valence-corrected chi connectivity index (χ3v) is 3.89. The van der Waals surface area contributed by atoms with E-state index in [0.29, 0.717) is 6.10 Å². The predicted molar refractivity (Wildman–Crippen MR) is 98.1 cm³/mol. The minimum absolute atomic E-state index is 0. The van der Waals surface area contributed by atoms with Crippen molar-refractivity contribution < 1.29 is 14.2 Å². The Morgan fingerprint density at radius 2 is 2.18 bits per heavy atom. The van der Waals surface area contributed by atoms with Gasteiger partial charge >= 0.3 is 0 Å². The normalized spacial score (nSPS) is 23.5. The molecule has 0 aromatic heterocycles. The largest absolute Gasteiger partial charge is 0.380 e. The molecule has 1 unspecified atom stereocenters. The summed E-state index contributed by atoms with van der Waals surface area (Å²) in [7, 11) is 1.79. The average Bonchev–Trinajstić information content (AvgIpc) is 2.97. The van der Waals surface area contributed by atoms with Gasteiger partial charge in [-0.2, -0.15) is 0 Å². The fraction of sp³-hybridized carbons (Fsp3) is 0.933. The number of ether oxygens (including phenoxy) is 3. The molecule has 7 heteroatoms. The van der Waals surface area contributed by atoms with Gasteiger partial charge in [-0.3, -0.25) is 4.99 Å². The maximum Gasteiger partial charge on any atom is 0.191 e. The van der Waals surface area contributed by atoms with Crippen molar-refractivity contribution in [3.05, 3.63) is 0 Å². The Morgan fingerprint density at radius 3 is 2.77 bits per heavy atom. The van der Waals surface area contributed by atoms with E-state index >= 15 is 0 Å². The third-order valence-electron chi connectivity index (χ3n) is 3.89. The molecule has 2 fully saturated rings. The number of hydrogen-bond acceptors (Lipinski definition) is 4. The number of guanidine groups is 1. The quantitative estimate of drug-likeness (QED) is 0.265. The van der Waals surface area contributed by atoms with Crippen molar-refractivity contribution in [3.8, 4) is 0 Å². The Kier molecular flexibility index (Phi) is 9.62. The van der Waals surface area contributed by atoms with Gasteiger partial charge in [0.15, 0.2) is 5.96 Å². The second-order valence-corrected chi connectivity index (χ2v) is 6.22. The SMILES string of the molecule is CN=C(NCCCOCC1CCCO1)NCC1(C)COC1.I. The summed E-state index contributed by atoms with van der Waals surface area (Å²) in [4.78, 5) is 4.22. The molecule has 2 rings (SSSR count). The molecule has 2 aliphatic heterocycles. The van der Waals surface area contributed by atoms with Crippen LogP contribution in [0.2, 0.25) is 0 Å². The molecule has 6 nitrogen and oxygen atoms in total. The first-order valence-electron chi connectivity index (χ1n) is 7.93. The molecule has 22 heavy (non-hydrogen) atoms. The Morgan fingerprint density at radius 1 is 1.36 bits per heavy atom. The van der Waals surface area contributed by atoms with Crippen molar-refractivity contribution >= 4 is 29.9 Å². The van der Waals surface area contributed by atoms with E-state index in [0.717, 1.165) is 64.9 Å². The van der Waals surface area contributed by atoms with E-state index in [2.05, 4.69) is 22.5 Å². The fourth-order valence-electron chi connectivity index (χ4n) is 2.44. The highest BCUT2D eigenvalue weighted by Gasteiger charge is 2.33. The van der Waals surface area contributed by atoms with Crippen molar-refractivity contribution in [3.63, 3.8) is 0 Å². The molecule has 0 aromatic rings. The number of hydrogen-bond donors (Lipinski definition) is 2. The summed E-state index contributed by atoms with van der Waals surface area (Å²) in [5.41, 5.74) is 0.252. The van der Waals surface area contributed by atoms with Gasteiger partial charge in [0.2, 0.25) is 0 Å². The molecule has 130 valence electrons. The van der Waals surface area contributed by atoms with Crippen molar-refractivity contribution in [2.75, 3.05) is 53.2 Å². The van der Waals surface area contributed by atoms with E-state index < -0.39 is 0 Å². The van der Waals surface area contributed by atoms with E-state index in [1.807, 2.05) is 0 Å². The maximum absolute atomic E-state index is 5.63. The monoisotopic (exact) mass is 427 g/mol. The van der Waals surface area contributed by atoms with Gasteiger partial charge in [-0.25, -0.2) is 0 Å². The molecular formula is C15H30IN3O3. The summed E-state index contributed by atoms with van der Waals surface area (Å²) in [6.45, 7) is 8.00. The number of rotatable bonds is 8. The van der Waals surface area contributed by atoms with Crippen LogP contribution in [0.15, 0.2) is 4.99 Å². The summed E-state index contributed by atoms with van der Waals surface area (Å²) in [5, 5.41) is 6.65. The predicted octanol–water partition coefficient (Wildman–Crippen LogP) is 1.39. The maximum atomic E-state index is 5.63. The van der Waals surface area contributed by atoms with Gasteiger partial charge in [0.1, 0.15) is 0 Å². The van der Waals surface area contributed by atoms with Crippen LogP contribution in [0.1, 0.15) is 26.2 Å². The lowest BCUT2D eigenvalue weighted by Gasteiger charge is -2.38. The first kappa shape index (κ1) is 19.9. The lowest BCUT2D eigenvalue weighted by molar-refractivity contribution is -0.0971. The van der Waals surface area contributed by atoms with Crippen LogP contribution in [0.4, 0.5) is 0 Å². The minimum atomic E-state index is 0. The van der Waals surface area contributed by atoms with E-state index in [9.17, 15) is 0 Å². The van der Waals surface area contributed by atoms with Gasteiger partial charge in [-0.05, 0) is 19.3 Å². The van der Waals surface area contributed by atoms with Crippen molar-refractivity contribution in [1.29, 1.82) is 0 Å². The average molecular weight is 427 g/mol. The molecular weight excluding hydrogens is 397 g/mol. The van der Waals surface area contributed by atoms with Crippen LogP contribution < -0.4 is 10.6 Å². The zero-order valence-electron chi connectivity index (χ0n) is 13.7. The van der Waals surface area contributed by atoms with Crippen molar-refractivity contribution in [1.82, 2.24) is 10.6 Å². The zero-order chi connectivity index (χ0) is 15.0. The minimum Gasteiger partial charge on any atom is -0.380 e. The molecule has 2 saturated heterocycles. The van der Waals surface area contributed by atoms with E-state index in [-0.39, 0.29) is 29.4 Å². The van der Waals surface area contributed by atoms with E-state index in [1.54, 1.807) is 7.05 Å². The molecule has 0 saturated carbocycles. The number of nitrogens with zero attached hydrogens (tertiary/aromatic N) is 1. The summed E-state index contributed by atoms with van der Waals surface area (Å²) in [6.07, 6.45) is 3.59. The lowest BCUT2D eigenvalue weighted by Crippen LogP contribution is -2.51. The summed E-state index contributed by atoms with van der Waals surface area (Å²) in [5.74, 6) is 0.849. The molecule has 0 aromatic carbocycles. The summed E-state index contributed by atoms with van der Waals surface area (Å²) < 4.78 is 16.4. The van der Waals surface area contributed by atoms with Crippen LogP contribution in [-0.2, 0) is 14.2 Å². The van der Waals surface area contributed by atoms with Crippen LogP contribution in [0.3, 0.4) is 0 Å². The molecule has 0 amide bonds. The van der Waals surface area contributed by atoms with Crippen LogP contribution in [-0.4, -0.2) is 65.2 Å². The molecule has 1 atom stereocenters. The van der Waals surface area contributed by atoms with Crippen LogP contribution in [0.5, 0.6) is 0 Å². The highest BCUT2D eigenvalue weighted by atomic mass is 127. The summed E-state index contributed by atoms with van der Waals surface area (Å²) >= 11 is 0. The lowest BCUT2D eigenvalue weighted by atomic mass is 9.89. The second kappa shape index (κ2) is 10.6. The number of aliphatic imine (C=N–C) groups is 1. The van der Waals surface area contributed by atoms with Crippen LogP contribution in [0.25, 0.3) is 0 Å². The van der Waals surface area contributed by atoms with Gasteiger partial charge in [0.25, 0.3) is 0 Å². The van der Waals surface area contributed by atoms with Crippen LogP contribution >= 0.6 is 24.0 Å². The zero-order valence-corrected chi connectivity index (χ0v) is 16.1. The molecule has 2 N–H and O–H groups in total. The van der Waals surface area contributed by atoms with E-state index in [1.165, 1.54) is 6.42 Å². The topological polar surface area (TPSA) is 64.1 Å². The molecule has 0 aliphatic carbocycles. The van der Waals surface area contributed by atoms with Gasteiger partial charge in [0, 0.05) is 38.8 Å². The molecule has 2 heterocycles. The highest BCUT2D eigenvalue weighted by Crippen LogP contribution is 2.24. The fourth-order valence-corrected chi connectivity index (χ4v) is 2.44. The van der Waals surface area contributed by atoms with E-state index in [4.69, 9.17) is 14.2 Å². The first-order chi connectivity index (χ1) is 10.2. The third kappa shape index (κ3) is 6.97. The van der Waals surface area contributed by atoms with Gasteiger partial charge in [0.05, 0.1) is 25.9 Å². The van der Waals surface area contributed by atoms with Gasteiger partial charge < -0.3 is 24.8 Å².